The van der Waals surface area contributed by atoms with Gasteiger partial charge < -0.3 is 20.5 Å². The van der Waals surface area contributed by atoms with E-state index in [1.54, 1.807) is 31.2 Å². The maximum Gasteiger partial charge on any atom is 0.219 e. The summed E-state index contributed by atoms with van der Waals surface area (Å²) < 4.78 is 5.42. The molecule has 0 radical (unpaired) electrons. The van der Waals surface area contributed by atoms with Gasteiger partial charge in [-0.05, 0) is 12.1 Å². The van der Waals surface area contributed by atoms with Gasteiger partial charge in [0.1, 0.15) is 24.5 Å². The van der Waals surface area contributed by atoms with Crippen LogP contribution in [0.2, 0.25) is 0 Å². The van der Waals surface area contributed by atoms with Crippen molar-refractivity contribution < 1.29 is 14.6 Å². The third-order valence-electron chi connectivity index (χ3n) is 2.76. The number of nitriles is 1. The van der Waals surface area contributed by atoms with Crippen LogP contribution < -0.4 is 15.4 Å². The first-order valence-corrected chi connectivity index (χ1v) is 6.94. The summed E-state index contributed by atoms with van der Waals surface area (Å²) in [5.41, 5.74) is 0.444. The summed E-state index contributed by atoms with van der Waals surface area (Å²) >= 11 is 0. The summed E-state index contributed by atoms with van der Waals surface area (Å²) in [6.45, 7) is 3.36. The highest BCUT2D eigenvalue weighted by molar-refractivity contribution is 5.75. The molecule has 0 unspecified atom stereocenters. The van der Waals surface area contributed by atoms with Gasteiger partial charge in [-0.3, -0.25) is 4.79 Å². The molecule has 0 aliphatic rings. The molecule has 114 valence electrons. The maximum absolute atomic E-state index is 11.0. The molecule has 1 aromatic rings. The largest absolute Gasteiger partial charge is 0.489 e. The zero-order valence-corrected chi connectivity index (χ0v) is 12.1. The number of aliphatic hydroxyl groups is 1. The van der Waals surface area contributed by atoms with Crippen molar-refractivity contribution >= 4 is 5.91 Å². The van der Waals surface area contributed by atoms with Gasteiger partial charge in [0.2, 0.25) is 5.91 Å². The highest BCUT2D eigenvalue weighted by Crippen LogP contribution is 2.16. The molecule has 21 heavy (non-hydrogen) atoms. The summed E-state index contributed by atoms with van der Waals surface area (Å²) in [5.74, 6) is 0.475. The quantitative estimate of drug-likeness (QED) is 0.573. The van der Waals surface area contributed by atoms with Gasteiger partial charge in [-0.15, -0.1) is 0 Å². The number of hydrogen-bond donors (Lipinski definition) is 3. The molecular formula is C15H21N3O3. The van der Waals surface area contributed by atoms with Crippen LogP contribution in [-0.2, 0) is 4.79 Å². The lowest BCUT2D eigenvalue weighted by Gasteiger charge is -2.14. The van der Waals surface area contributed by atoms with Crippen LogP contribution in [0.25, 0.3) is 0 Å². The molecule has 0 saturated carbocycles. The minimum Gasteiger partial charge on any atom is -0.489 e. The molecule has 0 saturated heterocycles. The Hall–Kier alpha value is -2.10. The van der Waals surface area contributed by atoms with E-state index in [-0.39, 0.29) is 12.5 Å². The molecule has 3 N–H and O–H groups in total. The van der Waals surface area contributed by atoms with E-state index in [1.807, 2.05) is 6.07 Å². The Bertz CT molecular complexity index is 485. The van der Waals surface area contributed by atoms with Crippen molar-refractivity contribution in [3.63, 3.8) is 0 Å². The van der Waals surface area contributed by atoms with Gasteiger partial charge in [-0.2, -0.15) is 5.26 Å². The first kappa shape index (κ1) is 17.0. The van der Waals surface area contributed by atoms with E-state index in [0.29, 0.717) is 37.4 Å². The Labute approximate surface area is 124 Å². The summed E-state index contributed by atoms with van der Waals surface area (Å²) in [6, 6.07) is 8.92. The third-order valence-corrected chi connectivity index (χ3v) is 2.76. The normalized spacial score (nSPS) is 11.5. The van der Waals surface area contributed by atoms with E-state index < -0.39 is 6.10 Å². The van der Waals surface area contributed by atoms with Gasteiger partial charge >= 0.3 is 0 Å². The topological polar surface area (TPSA) is 94.4 Å². The maximum atomic E-state index is 11.0. The number of carbonyl (C=O) groups excluding carboxylic acids is 1. The van der Waals surface area contributed by atoms with Crippen molar-refractivity contribution in [3.05, 3.63) is 29.8 Å². The number of hydrogen-bond acceptors (Lipinski definition) is 5. The van der Waals surface area contributed by atoms with Crippen molar-refractivity contribution in [2.45, 2.75) is 19.4 Å². The number of benzene rings is 1. The standard InChI is InChI=1S/C15H21N3O3/c1-2-15(20)18-8-7-17-10-13(19)11-21-14-6-4-3-5-12(14)9-16/h3-6,13,17,19H,2,7-8,10-11H2,1H3,(H,18,20)/t13-/m0/s1. The summed E-state index contributed by atoms with van der Waals surface area (Å²) in [4.78, 5) is 11.0. The Morgan fingerprint density at radius 2 is 2.19 bits per heavy atom. The predicted molar refractivity (Wildman–Crippen MR) is 78.8 cm³/mol. The van der Waals surface area contributed by atoms with Gasteiger partial charge in [-0.1, -0.05) is 19.1 Å². The molecule has 0 bridgehead atoms. The lowest BCUT2D eigenvalue weighted by atomic mass is 10.2. The summed E-state index contributed by atoms with van der Waals surface area (Å²) in [5, 5.41) is 24.4. The number of ether oxygens (including phenoxy) is 1. The number of nitrogens with zero attached hydrogens (tertiary/aromatic N) is 1. The zero-order chi connectivity index (χ0) is 15.5. The van der Waals surface area contributed by atoms with Crippen LogP contribution in [0, 0.1) is 11.3 Å². The van der Waals surface area contributed by atoms with Crippen LogP contribution >= 0.6 is 0 Å². The van der Waals surface area contributed by atoms with Crippen LogP contribution in [-0.4, -0.2) is 43.4 Å². The van der Waals surface area contributed by atoms with E-state index in [0.717, 1.165) is 0 Å². The van der Waals surface area contributed by atoms with E-state index in [2.05, 4.69) is 10.6 Å². The molecule has 6 nitrogen and oxygen atoms in total. The fourth-order valence-corrected chi connectivity index (χ4v) is 1.61. The summed E-state index contributed by atoms with van der Waals surface area (Å²) in [6.07, 6.45) is -0.215. The first-order valence-electron chi connectivity index (χ1n) is 6.94. The molecule has 1 amide bonds. The smallest absolute Gasteiger partial charge is 0.219 e. The van der Waals surface area contributed by atoms with E-state index in [4.69, 9.17) is 10.00 Å². The molecule has 6 heteroatoms. The fraction of sp³-hybridized carbons (Fsp3) is 0.467. The van der Waals surface area contributed by atoms with Crippen molar-refractivity contribution in [2.24, 2.45) is 0 Å². The molecule has 1 aromatic carbocycles. The molecule has 0 spiro atoms. The number of carbonyl (C=O) groups is 1. The van der Waals surface area contributed by atoms with E-state index >= 15 is 0 Å². The Kier molecular flexibility index (Phi) is 7.87. The van der Waals surface area contributed by atoms with Gasteiger partial charge in [0, 0.05) is 26.1 Å². The number of amides is 1. The molecule has 0 aromatic heterocycles. The van der Waals surface area contributed by atoms with Gasteiger partial charge in [-0.25, -0.2) is 0 Å². The number of aliphatic hydroxyl groups excluding tert-OH is 1. The van der Waals surface area contributed by atoms with Crippen LogP contribution in [0.3, 0.4) is 0 Å². The lowest BCUT2D eigenvalue weighted by Crippen LogP contribution is -2.36. The zero-order valence-electron chi connectivity index (χ0n) is 12.1. The van der Waals surface area contributed by atoms with E-state index in [9.17, 15) is 9.90 Å². The molecule has 0 heterocycles. The SMILES string of the molecule is CCC(=O)NCCNC[C@H](O)COc1ccccc1C#N. The first-order chi connectivity index (χ1) is 10.2. The van der Waals surface area contributed by atoms with Crippen molar-refractivity contribution in [1.29, 1.82) is 5.26 Å². The van der Waals surface area contributed by atoms with Crippen LogP contribution in [0.15, 0.2) is 24.3 Å². The highest BCUT2D eigenvalue weighted by atomic mass is 16.5. The van der Waals surface area contributed by atoms with Crippen molar-refractivity contribution in [2.75, 3.05) is 26.2 Å². The van der Waals surface area contributed by atoms with Crippen LogP contribution in [0.1, 0.15) is 18.9 Å². The third kappa shape index (κ3) is 6.75. The Balaban J connectivity index is 2.18. The second-order valence-corrected chi connectivity index (χ2v) is 4.48. The lowest BCUT2D eigenvalue weighted by molar-refractivity contribution is -0.120. The molecule has 0 fully saturated rings. The second-order valence-electron chi connectivity index (χ2n) is 4.48. The molecule has 1 rings (SSSR count). The Morgan fingerprint density at radius 1 is 1.43 bits per heavy atom. The number of para-hydroxylation sites is 1. The molecular weight excluding hydrogens is 270 g/mol. The Morgan fingerprint density at radius 3 is 2.90 bits per heavy atom. The average molecular weight is 291 g/mol. The van der Waals surface area contributed by atoms with E-state index in [1.165, 1.54) is 0 Å². The average Bonchev–Trinajstić information content (AvgIpc) is 2.52. The fourth-order valence-electron chi connectivity index (χ4n) is 1.61. The van der Waals surface area contributed by atoms with Gasteiger partial charge in [0.15, 0.2) is 0 Å². The number of nitrogens with one attached hydrogen (secondary N) is 2. The minimum atomic E-state index is -0.682. The summed E-state index contributed by atoms with van der Waals surface area (Å²) in [7, 11) is 0. The molecule has 1 atom stereocenters. The number of rotatable bonds is 9. The predicted octanol–water partition coefficient (Wildman–Crippen LogP) is 0.414. The van der Waals surface area contributed by atoms with Crippen molar-refractivity contribution in [1.82, 2.24) is 10.6 Å². The monoisotopic (exact) mass is 291 g/mol. The van der Waals surface area contributed by atoms with Gasteiger partial charge in [0.25, 0.3) is 0 Å². The molecule has 0 aliphatic carbocycles. The second kappa shape index (κ2) is 9.75. The van der Waals surface area contributed by atoms with Crippen LogP contribution in [0.4, 0.5) is 0 Å². The van der Waals surface area contributed by atoms with Gasteiger partial charge in [0.05, 0.1) is 5.56 Å². The minimum absolute atomic E-state index is 0.00814. The van der Waals surface area contributed by atoms with Crippen LogP contribution in [0.5, 0.6) is 5.75 Å². The molecule has 0 aliphatic heterocycles. The van der Waals surface area contributed by atoms with Crippen molar-refractivity contribution in [3.8, 4) is 11.8 Å². The highest BCUT2D eigenvalue weighted by Gasteiger charge is 2.07.